The first-order valence-electron chi connectivity index (χ1n) is 6.58. The van der Waals surface area contributed by atoms with Crippen LogP contribution in [0.4, 0.5) is 0 Å². The first kappa shape index (κ1) is 17.1. The predicted molar refractivity (Wildman–Crippen MR) is 86.7 cm³/mol. The highest BCUT2D eigenvalue weighted by atomic mass is 35.5. The molecule has 19 heavy (non-hydrogen) atoms. The average molecular weight is 323 g/mol. The summed E-state index contributed by atoms with van der Waals surface area (Å²) in [6.45, 7) is 9.79. The van der Waals surface area contributed by atoms with Gasteiger partial charge in [-0.25, -0.2) is 0 Å². The second-order valence-electron chi connectivity index (χ2n) is 6.05. The van der Waals surface area contributed by atoms with Gasteiger partial charge in [0.05, 0.1) is 0 Å². The lowest BCUT2D eigenvalue weighted by molar-refractivity contribution is 0.304. The predicted octanol–water partition coefficient (Wildman–Crippen LogP) is 5.60. The summed E-state index contributed by atoms with van der Waals surface area (Å²) in [5.41, 5.74) is 1.20. The second kappa shape index (κ2) is 7.17. The largest absolute Gasteiger partial charge is 0.314 e. The number of hydrogen-bond donors (Lipinski definition) is 1. The molecule has 0 heterocycles. The fourth-order valence-corrected chi connectivity index (χ4v) is 2.85. The van der Waals surface area contributed by atoms with Crippen LogP contribution in [0.2, 0.25) is 15.1 Å². The van der Waals surface area contributed by atoms with Gasteiger partial charge in [0.25, 0.3) is 0 Å². The molecule has 0 radical (unpaired) electrons. The Kier molecular flexibility index (Phi) is 6.46. The van der Waals surface area contributed by atoms with Gasteiger partial charge in [0.1, 0.15) is 0 Å². The molecular formula is C15H22Cl3N. The van der Waals surface area contributed by atoms with E-state index in [1.165, 1.54) is 0 Å². The Morgan fingerprint density at radius 2 is 1.63 bits per heavy atom. The summed E-state index contributed by atoms with van der Waals surface area (Å²) in [4.78, 5) is 0. The van der Waals surface area contributed by atoms with Crippen molar-refractivity contribution in [2.75, 3.05) is 6.54 Å². The lowest BCUT2D eigenvalue weighted by Crippen LogP contribution is -2.34. The zero-order valence-corrected chi connectivity index (χ0v) is 14.3. The van der Waals surface area contributed by atoms with Gasteiger partial charge in [-0.1, -0.05) is 62.5 Å². The van der Waals surface area contributed by atoms with Crippen molar-refractivity contribution >= 4 is 34.8 Å². The van der Waals surface area contributed by atoms with Crippen LogP contribution >= 0.6 is 34.8 Å². The molecule has 0 saturated heterocycles. The molecule has 108 valence electrons. The van der Waals surface area contributed by atoms with E-state index in [1.807, 2.05) is 0 Å². The Morgan fingerprint density at radius 3 is 2.11 bits per heavy atom. The minimum atomic E-state index is 0.205. The molecule has 1 aromatic rings. The number of hydrogen-bond acceptors (Lipinski definition) is 1. The molecule has 4 heteroatoms. The van der Waals surface area contributed by atoms with E-state index < -0.39 is 0 Å². The number of halogens is 3. The summed E-state index contributed by atoms with van der Waals surface area (Å²) in [6.07, 6.45) is 1.88. The lowest BCUT2D eigenvalue weighted by atomic mass is 9.86. The fourth-order valence-electron chi connectivity index (χ4n) is 1.84. The van der Waals surface area contributed by atoms with E-state index in [2.05, 4.69) is 33.0 Å². The molecule has 0 spiro atoms. The van der Waals surface area contributed by atoms with E-state index in [4.69, 9.17) is 34.8 Å². The van der Waals surface area contributed by atoms with Gasteiger partial charge in [-0.05, 0) is 36.0 Å². The molecule has 0 bridgehead atoms. The molecule has 0 aliphatic rings. The normalized spacial score (nSPS) is 12.2. The maximum Gasteiger partial charge on any atom is 0.0467 e. The number of benzene rings is 1. The molecular weight excluding hydrogens is 301 g/mol. The molecule has 0 aliphatic heterocycles. The highest BCUT2D eigenvalue weighted by Crippen LogP contribution is 2.32. The minimum absolute atomic E-state index is 0.205. The second-order valence-corrected chi connectivity index (χ2v) is 7.30. The van der Waals surface area contributed by atoms with E-state index in [1.54, 1.807) is 12.1 Å². The summed E-state index contributed by atoms with van der Waals surface area (Å²) in [5, 5.41) is 5.37. The van der Waals surface area contributed by atoms with E-state index in [-0.39, 0.29) is 5.41 Å². The molecule has 0 unspecified atom stereocenters. The van der Waals surface area contributed by atoms with Crippen LogP contribution in [-0.2, 0) is 6.42 Å². The van der Waals surface area contributed by atoms with Crippen LogP contribution in [0.1, 0.15) is 39.7 Å². The Bertz CT molecular complexity index is 404. The van der Waals surface area contributed by atoms with Gasteiger partial charge in [0.2, 0.25) is 0 Å². The molecule has 0 amide bonds. The van der Waals surface area contributed by atoms with Crippen LogP contribution in [0.3, 0.4) is 0 Å². The molecule has 1 N–H and O–H groups in total. The molecule has 0 fully saturated rings. The van der Waals surface area contributed by atoms with E-state index in [0.29, 0.717) is 21.1 Å². The van der Waals surface area contributed by atoms with Gasteiger partial charge in [-0.15, -0.1) is 0 Å². The Morgan fingerprint density at radius 1 is 1.11 bits per heavy atom. The quantitative estimate of drug-likeness (QED) is 0.718. The van der Waals surface area contributed by atoms with Crippen LogP contribution in [0, 0.1) is 5.41 Å². The summed E-state index contributed by atoms with van der Waals surface area (Å²) in [5.74, 6) is 0. The van der Waals surface area contributed by atoms with Gasteiger partial charge in [-0.2, -0.15) is 0 Å². The van der Waals surface area contributed by atoms with E-state index in [9.17, 15) is 0 Å². The molecule has 0 aromatic heterocycles. The zero-order valence-electron chi connectivity index (χ0n) is 12.0. The number of rotatable bonds is 6. The van der Waals surface area contributed by atoms with Crippen molar-refractivity contribution in [2.45, 2.75) is 46.6 Å². The van der Waals surface area contributed by atoms with Gasteiger partial charge in [-0.3, -0.25) is 0 Å². The summed E-state index contributed by atoms with van der Waals surface area (Å²) >= 11 is 18.3. The molecule has 1 nitrogen and oxygen atoms in total. The first-order valence-corrected chi connectivity index (χ1v) is 7.71. The molecule has 0 saturated carbocycles. The van der Waals surface area contributed by atoms with Crippen LogP contribution in [0.25, 0.3) is 0 Å². The van der Waals surface area contributed by atoms with Crippen LogP contribution in [0.5, 0.6) is 0 Å². The minimum Gasteiger partial charge on any atom is -0.314 e. The van der Waals surface area contributed by atoms with Crippen molar-refractivity contribution in [3.8, 4) is 0 Å². The zero-order chi connectivity index (χ0) is 14.6. The summed E-state index contributed by atoms with van der Waals surface area (Å²) in [7, 11) is 0. The highest BCUT2D eigenvalue weighted by molar-refractivity contribution is 6.39. The van der Waals surface area contributed by atoms with Gasteiger partial charge in [0.15, 0.2) is 0 Å². The fraction of sp³-hybridized carbons (Fsp3) is 0.600. The van der Waals surface area contributed by atoms with Crippen LogP contribution in [-0.4, -0.2) is 12.6 Å². The Balaban J connectivity index is 2.66. The Hall–Kier alpha value is 0.0500. The van der Waals surface area contributed by atoms with Crippen molar-refractivity contribution in [1.82, 2.24) is 5.32 Å². The summed E-state index contributed by atoms with van der Waals surface area (Å²) in [6, 6.07) is 4.01. The van der Waals surface area contributed by atoms with E-state index >= 15 is 0 Å². The Labute approximate surface area is 131 Å². The summed E-state index contributed by atoms with van der Waals surface area (Å²) < 4.78 is 0. The standard InChI is InChI=1S/C15H22Cl3N/c1-10(2)19-9-15(3,4)6-5-12-13(17)7-11(16)8-14(12)18/h7-8,10,19H,5-6,9H2,1-4H3. The molecule has 1 aromatic carbocycles. The SMILES string of the molecule is CC(C)NCC(C)(C)CCc1c(Cl)cc(Cl)cc1Cl. The lowest BCUT2D eigenvalue weighted by Gasteiger charge is -2.26. The van der Waals surface area contributed by atoms with Crippen molar-refractivity contribution in [2.24, 2.45) is 5.41 Å². The molecule has 0 aliphatic carbocycles. The van der Waals surface area contributed by atoms with Crippen LogP contribution in [0.15, 0.2) is 12.1 Å². The highest BCUT2D eigenvalue weighted by Gasteiger charge is 2.19. The van der Waals surface area contributed by atoms with Gasteiger partial charge >= 0.3 is 0 Å². The average Bonchev–Trinajstić information content (AvgIpc) is 2.25. The third-order valence-corrected chi connectivity index (χ3v) is 4.04. The van der Waals surface area contributed by atoms with Gasteiger partial charge in [0, 0.05) is 27.7 Å². The smallest absolute Gasteiger partial charge is 0.0467 e. The third kappa shape index (κ3) is 5.91. The molecule has 1 rings (SSSR count). The first-order chi connectivity index (χ1) is 8.71. The van der Waals surface area contributed by atoms with Crippen molar-refractivity contribution in [1.29, 1.82) is 0 Å². The van der Waals surface area contributed by atoms with Crippen LogP contribution < -0.4 is 5.32 Å². The van der Waals surface area contributed by atoms with Crippen molar-refractivity contribution < 1.29 is 0 Å². The maximum absolute atomic E-state index is 6.21. The van der Waals surface area contributed by atoms with E-state index in [0.717, 1.165) is 24.9 Å². The number of nitrogens with one attached hydrogen (secondary N) is 1. The maximum atomic E-state index is 6.21. The third-order valence-electron chi connectivity index (χ3n) is 3.15. The van der Waals surface area contributed by atoms with Crippen molar-refractivity contribution in [3.63, 3.8) is 0 Å². The monoisotopic (exact) mass is 321 g/mol. The van der Waals surface area contributed by atoms with Gasteiger partial charge < -0.3 is 5.32 Å². The molecule has 0 atom stereocenters. The topological polar surface area (TPSA) is 12.0 Å². The van der Waals surface area contributed by atoms with Crippen molar-refractivity contribution in [3.05, 3.63) is 32.8 Å².